The van der Waals surface area contributed by atoms with E-state index < -0.39 is 0 Å². The quantitative estimate of drug-likeness (QED) is 0.798. The maximum absolute atomic E-state index is 5.53. The molecular formula is C13H16N2OS. The van der Waals surface area contributed by atoms with Crippen LogP contribution in [0.15, 0.2) is 36.7 Å². The number of rotatable bonds is 6. The van der Waals surface area contributed by atoms with Crippen LogP contribution in [-0.4, -0.2) is 18.1 Å². The van der Waals surface area contributed by atoms with E-state index in [0.717, 1.165) is 18.8 Å². The van der Waals surface area contributed by atoms with Gasteiger partial charge in [-0.2, -0.15) is 0 Å². The summed E-state index contributed by atoms with van der Waals surface area (Å²) < 4.78 is 5.53. The molecule has 0 aromatic carbocycles. The number of aromatic nitrogens is 1. The molecule has 0 saturated heterocycles. The van der Waals surface area contributed by atoms with Crippen molar-refractivity contribution in [1.29, 1.82) is 0 Å². The molecule has 0 atom stereocenters. The molecule has 1 N–H and O–H groups in total. The van der Waals surface area contributed by atoms with Gasteiger partial charge in [0.05, 0.1) is 6.20 Å². The summed E-state index contributed by atoms with van der Waals surface area (Å²) in [6, 6.07) is 8.09. The molecule has 0 spiro atoms. The van der Waals surface area contributed by atoms with E-state index >= 15 is 0 Å². The van der Waals surface area contributed by atoms with Crippen molar-refractivity contribution in [3.05, 3.63) is 46.4 Å². The molecule has 0 amide bonds. The van der Waals surface area contributed by atoms with Crippen LogP contribution in [0.3, 0.4) is 0 Å². The van der Waals surface area contributed by atoms with E-state index in [-0.39, 0.29) is 0 Å². The molecular weight excluding hydrogens is 232 g/mol. The Morgan fingerprint density at radius 2 is 2.29 bits per heavy atom. The van der Waals surface area contributed by atoms with Gasteiger partial charge >= 0.3 is 0 Å². The lowest BCUT2D eigenvalue weighted by atomic mass is 10.4. The van der Waals surface area contributed by atoms with Gasteiger partial charge in [-0.3, -0.25) is 4.98 Å². The van der Waals surface area contributed by atoms with E-state index in [1.807, 2.05) is 23.5 Å². The number of thiophene rings is 1. The lowest BCUT2D eigenvalue weighted by Gasteiger charge is -2.06. The predicted molar refractivity (Wildman–Crippen MR) is 70.5 cm³/mol. The van der Waals surface area contributed by atoms with E-state index in [0.29, 0.717) is 6.61 Å². The lowest BCUT2D eigenvalue weighted by Crippen LogP contribution is -2.20. The second kappa shape index (κ2) is 6.37. The summed E-state index contributed by atoms with van der Waals surface area (Å²) in [6.45, 7) is 4.54. The summed E-state index contributed by atoms with van der Waals surface area (Å²) in [5.41, 5.74) is 0. The van der Waals surface area contributed by atoms with Crippen LogP contribution in [0.4, 0.5) is 0 Å². The number of hydrogen-bond donors (Lipinski definition) is 1. The first-order chi connectivity index (χ1) is 8.34. The van der Waals surface area contributed by atoms with Gasteiger partial charge in [0.2, 0.25) is 0 Å². The summed E-state index contributed by atoms with van der Waals surface area (Å²) in [5.74, 6) is 0.821. The Morgan fingerprint density at radius 1 is 1.35 bits per heavy atom. The number of nitrogens with zero attached hydrogens (tertiary/aromatic N) is 1. The minimum absolute atomic E-state index is 0.663. The SMILES string of the molecule is Cc1ccc(CNCCOc2cccnc2)s1. The van der Waals surface area contributed by atoms with Gasteiger partial charge in [0.25, 0.3) is 0 Å². The van der Waals surface area contributed by atoms with Crippen molar-refractivity contribution >= 4 is 11.3 Å². The number of aryl methyl sites for hydroxylation is 1. The van der Waals surface area contributed by atoms with E-state index in [1.54, 1.807) is 12.4 Å². The van der Waals surface area contributed by atoms with Gasteiger partial charge in [-0.1, -0.05) is 0 Å². The Morgan fingerprint density at radius 3 is 3.00 bits per heavy atom. The molecule has 3 nitrogen and oxygen atoms in total. The topological polar surface area (TPSA) is 34.1 Å². The first-order valence-electron chi connectivity index (χ1n) is 5.63. The fourth-order valence-electron chi connectivity index (χ4n) is 1.47. The van der Waals surface area contributed by atoms with Gasteiger partial charge in [0, 0.05) is 29.0 Å². The molecule has 0 aliphatic rings. The Balaban J connectivity index is 1.61. The molecule has 2 aromatic heterocycles. The molecule has 0 saturated carbocycles. The van der Waals surface area contributed by atoms with Crippen molar-refractivity contribution in [1.82, 2.24) is 10.3 Å². The van der Waals surface area contributed by atoms with Crippen molar-refractivity contribution in [2.45, 2.75) is 13.5 Å². The van der Waals surface area contributed by atoms with E-state index in [2.05, 4.69) is 29.4 Å². The number of hydrogen-bond acceptors (Lipinski definition) is 4. The van der Waals surface area contributed by atoms with Gasteiger partial charge in [-0.05, 0) is 31.2 Å². The van der Waals surface area contributed by atoms with Crippen LogP contribution in [0.1, 0.15) is 9.75 Å². The zero-order valence-electron chi connectivity index (χ0n) is 9.85. The highest BCUT2D eigenvalue weighted by molar-refractivity contribution is 7.11. The fourth-order valence-corrected chi connectivity index (χ4v) is 2.33. The molecule has 0 aliphatic heterocycles. The monoisotopic (exact) mass is 248 g/mol. The van der Waals surface area contributed by atoms with Crippen molar-refractivity contribution in [2.24, 2.45) is 0 Å². The van der Waals surface area contributed by atoms with Crippen LogP contribution in [0.25, 0.3) is 0 Å². The van der Waals surface area contributed by atoms with Crippen molar-refractivity contribution in [3.8, 4) is 5.75 Å². The Labute approximate surface area is 105 Å². The van der Waals surface area contributed by atoms with Crippen LogP contribution in [0.2, 0.25) is 0 Å². The molecule has 17 heavy (non-hydrogen) atoms. The van der Waals surface area contributed by atoms with Crippen molar-refractivity contribution in [2.75, 3.05) is 13.2 Å². The highest BCUT2D eigenvalue weighted by Gasteiger charge is 1.96. The standard InChI is InChI=1S/C13H16N2OS/c1-11-4-5-13(17-11)10-15-7-8-16-12-3-2-6-14-9-12/h2-6,9,15H,7-8,10H2,1H3. The predicted octanol–water partition coefficient (Wildman–Crippen LogP) is 2.62. The van der Waals surface area contributed by atoms with Gasteiger partial charge in [-0.15, -0.1) is 11.3 Å². The highest BCUT2D eigenvalue weighted by atomic mass is 32.1. The zero-order valence-corrected chi connectivity index (χ0v) is 10.7. The largest absolute Gasteiger partial charge is 0.491 e. The fraction of sp³-hybridized carbons (Fsp3) is 0.308. The number of nitrogens with one attached hydrogen (secondary N) is 1. The summed E-state index contributed by atoms with van der Waals surface area (Å²) >= 11 is 1.83. The van der Waals surface area contributed by atoms with E-state index in [9.17, 15) is 0 Å². The summed E-state index contributed by atoms with van der Waals surface area (Å²) in [6.07, 6.45) is 3.47. The molecule has 2 rings (SSSR count). The Bertz CT molecular complexity index is 442. The molecule has 90 valence electrons. The third-order valence-corrected chi connectivity index (χ3v) is 3.28. The second-order valence-electron chi connectivity index (χ2n) is 3.73. The van der Waals surface area contributed by atoms with Crippen LogP contribution in [0.5, 0.6) is 5.75 Å². The Kier molecular flexibility index (Phi) is 4.53. The number of ether oxygens (including phenoxy) is 1. The van der Waals surface area contributed by atoms with Gasteiger partial charge in [0.15, 0.2) is 0 Å². The second-order valence-corrected chi connectivity index (χ2v) is 5.10. The van der Waals surface area contributed by atoms with Crippen molar-refractivity contribution < 1.29 is 4.74 Å². The summed E-state index contributed by atoms with van der Waals surface area (Å²) in [7, 11) is 0. The minimum Gasteiger partial charge on any atom is -0.491 e. The lowest BCUT2D eigenvalue weighted by molar-refractivity contribution is 0.312. The van der Waals surface area contributed by atoms with Crippen LogP contribution >= 0.6 is 11.3 Å². The molecule has 2 heterocycles. The summed E-state index contributed by atoms with van der Waals surface area (Å²) in [4.78, 5) is 6.71. The zero-order chi connectivity index (χ0) is 11.9. The van der Waals surface area contributed by atoms with Crippen LogP contribution in [-0.2, 0) is 6.54 Å². The maximum Gasteiger partial charge on any atom is 0.137 e. The van der Waals surface area contributed by atoms with Gasteiger partial charge < -0.3 is 10.1 Å². The van der Waals surface area contributed by atoms with Crippen LogP contribution in [0, 0.1) is 6.92 Å². The van der Waals surface area contributed by atoms with Gasteiger partial charge in [0.1, 0.15) is 12.4 Å². The molecule has 2 aromatic rings. The smallest absolute Gasteiger partial charge is 0.137 e. The number of pyridine rings is 1. The first-order valence-corrected chi connectivity index (χ1v) is 6.45. The molecule has 0 fully saturated rings. The first kappa shape index (κ1) is 12.1. The van der Waals surface area contributed by atoms with Crippen molar-refractivity contribution in [3.63, 3.8) is 0 Å². The Hall–Kier alpha value is -1.39. The van der Waals surface area contributed by atoms with Crippen LogP contribution < -0.4 is 10.1 Å². The molecule has 4 heteroatoms. The minimum atomic E-state index is 0.663. The average molecular weight is 248 g/mol. The summed E-state index contributed by atoms with van der Waals surface area (Å²) in [5, 5.41) is 3.35. The maximum atomic E-state index is 5.53. The molecule has 0 bridgehead atoms. The van der Waals surface area contributed by atoms with E-state index in [4.69, 9.17) is 4.74 Å². The molecule has 0 aliphatic carbocycles. The third-order valence-electron chi connectivity index (χ3n) is 2.28. The molecule has 0 unspecified atom stereocenters. The van der Waals surface area contributed by atoms with E-state index in [1.165, 1.54) is 9.75 Å². The molecule has 0 radical (unpaired) electrons. The van der Waals surface area contributed by atoms with Gasteiger partial charge in [-0.25, -0.2) is 0 Å². The highest BCUT2D eigenvalue weighted by Crippen LogP contribution is 2.14. The normalized spacial score (nSPS) is 10.4. The average Bonchev–Trinajstić information content (AvgIpc) is 2.76. The third kappa shape index (κ3) is 4.17.